The Kier molecular flexibility index (Phi) is 4.74. The smallest absolute Gasteiger partial charge is 0.238 e. The number of carbonyl (C=O) groups is 1. The van der Waals surface area contributed by atoms with Crippen LogP contribution in [0.4, 0.5) is 5.69 Å². The van der Waals surface area contributed by atoms with E-state index in [4.69, 9.17) is 4.98 Å². The zero-order chi connectivity index (χ0) is 18.1. The monoisotopic (exact) mass is 369 g/mol. The maximum Gasteiger partial charge on any atom is 0.238 e. The summed E-state index contributed by atoms with van der Waals surface area (Å²) >= 11 is 1.78. The maximum atomic E-state index is 12.5. The van der Waals surface area contributed by atoms with Crippen molar-refractivity contribution in [2.45, 2.75) is 32.6 Å². The molecule has 1 aliphatic rings. The molecule has 3 heterocycles. The summed E-state index contributed by atoms with van der Waals surface area (Å²) < 4.78 is 1.24. The summed E-state index contributed by atoms with van der Waals surface area (Å²) in [4.78, 5) is 19.5. The molecule has 7 heteroatoms. The summed E-state index contributed by atoms with van der Waals surface area (Å²) in [6.45, 7) is 6.06. The van der Waals surface area contributed by atoms with Gasteiger partial charge in [-0.25, -0.2) is 4.98 Å². The number of nitrogens with one attached hydrogen (secondary N) is 2. The van der Waals surface area contributed by atoms with Crippen molar-refractivity contribution in [2.24, 2.45) is 0 Å². The van der Waals surface area contributed by atoms with Crippen LogP contribution in [0.25, 0.3) is 10.2 Å². The first kappa shape index (κ1) is 17.2. The zero-order valence-electron chi connectivity index (χ0n) is 15.1. The maximum absolute atomic E-state index is 12.5. The number of aromatic amines is 1. The van der Waals surface area contributed by atoms with E-state index in [1.807, 2.05) is 19.9 Å². The molecule has 0 saturated carbocycles. The number of para-hydroxylation sites is 1. The van der Waals surface area contributed by atoms with E-state index in [2.05, 4.69) is 38.6 Å². The van der Waals surface area contributed by atoms with Crippen molar-refractivity contribution in [1.29, 1.82) is 0 Å². The van der Waals surface area contributed by atoms with Crippen LogP contribution in [0.3, 0.4) is 0 Å². The number of hydrogen-bond acceptors (Lipinski definition) is 5. The van der Waals surface area contributed by atoms with Crippen LogP contribution in [0.1, 0.15) is 35.2 Å². The third-order valence-corrected chi connectivity index (χ3v) is 6.12. The normalized spacial score (nSPS) is 18.3. The molecule has 0 radical (unpaired) electrons. The minimum absolute atomic E-state index is 0.0162. The number of aryl methyl sites for hydroxylation is 2. The predicted octanol–water partition coefficient (Wildman–Crippen LogP) is 3.45. The zero-order valence-corrected chi connectivity index (χ0v) is 15.9. The number of H-pyrrole nitrogens is 1. The minimum atomic E-state index is 0.0162. The van der Waals surface area contributed by atoms with E-state index in [1.54, 1.807) is 11.3 Å². The summed E-state index contributed by atoms with van der Waals surface area (Å²) in [7, 11) is 0. The number of thiazole rings is 1. The van der Waals surface area contributed by atoms with Gasteiger partial charge in [-0.1, -0.05) is 12.1 Å². The second-order valence-corrected chi connectivity index (χ2v) is 8.01. The molecule has 0 spiro atoms. The van der Waals surface area contributed by atoms with Gasteiger partial charge in [-0.2, -0.15) is 5.10 Å². The van der Waals surface area contributed by atoms with E-state index >= 15 is 0 Å². The van der Waals surface area contributed by atoms with Crippen molar-refractivity contribution in [3.63, 3.8) is 0 Å². The van der Waals surface area contributed by atoms with Crippen LogP contribution in [0.2, 0.25) is 0 Å². The van der Waals surface area contributed by atoms with Crippen molar-refractivity contribution >= 4 is 33.1 Å². The lowest BCUT2D eigenvalue weighted by Crippen LogP contribution is -2.39. The average Bonchev–Trinajstić information content (AvgIpc) is 3.20. The number of nitrogens with zero attached hydrogens (tertiary/aromatic N) is 3. The van der Waals surface area contributed by atoms with Gasteiger partial charge in [-0.15, -0.1) is 11.3 Å². The highest BCUT2D eigenvalue weighted by Gasteiger charge is 2.25. The number of amides is 1. The van der Waals surface area contributed by atoms with Crippen molar-refractivity contribution in [3.05, 3.63) is 40.7 Å². The van der Waals surface area contributed by atoms with Gasteiger partial charge in [0.05, 0.1) is 38.8 Å². The summed E-state index contributed by atoms with van der Waals surface area (Å²) in [6.07, 6.45) is 2.23. The van der Waals surface area contributed by atoms with E-state index in [0.717, 1.165) is 48.5 Å². The number of rotatable bonds is 4. The molecule has 26 heavy (non-hydrogen) atoms. The lowest BCUT2D eigenvalue weighted by Gasteiger charge is -2.31. The Labute approximate surface area is 156 Å². The van der Waals surface area contributed by atoms with Crippen LogP contribution in [0, 0.1) is 13.8 Å². The van der Waals surface area contributed by atoms with E-state index in [-0.39, 0.29) is 5.91 Å². The van der Waals surface area contributed by atoms with Gasteiger partial charge in [0.15, 0.2) is 0 Å². The predicted molar refractivity (Wildman–Crippen MR) is 105 cm³/mol. The van der Waals surface area contributed by atoms with Crippen molar-refractivity contribution < 1.29 is 4.79 Å². The van der Waals surface area contributed by atoms with E-state index in [0.29, 0.717) is 12.5 Å². The molecule has 1 aliphatic heterocycles. The Morgan fingerprint density at radius 1 is 1.38 bits per heavy atom. The number of fused-ring (bicyclic) bond motifs is 1. The minimum Gasteiger partial charge on any atom is -0.322 e. The number of anilines is 1. The molecular weight excluding hydrogens is 346 g/mol. The first-order valence-corrected chi connectivity index (χ1v) is 9.81. The highest BCUT2D eigenvalue weighted by molar-refractivity contribution is 7.18. The average molecular weight is 369 g/mol. The van der Waals surface area contributed by atoms with Crippen LogP contribution >= 0.6 is 11.3 Å². The number of piperidine rings is 1. The molecule has 1 atom stereocenters. The van der Waals surface area contributed by atoms with Gasteiger partial charge in [0.1, 0.15) is 0 Å². The number of carbonyl (C=O) groups excluding carboxylic acids is 1. The van der Waals surface area contributed by atoms with Crippen LogP contribution in [0.5, 0.6) is 0 Å². The number of benzene rings is 1. The van der Waals surface area contributed by atoms with Crippen molar-refractivity contribution in [3.8, 4) is 0 Å². The quantitative estimate of drug-likeness (QED) is 0.739. The molecule has 1 fully saturated rings. The number of aromatic nitrogens is 3. The first-order valence-electron chi connectivity index (χ1n) is 8.99. The van der Waals surface area contributed by atoms with Crippen molar-refractivity contribution in [1.82, 2.24) is 20.1 Å². The SMILES string of the molecule is Cc1n[nH]c(C)c1NC(=O)CN1CCC[C@H](c2nc3ccccc3s2)C1. The molecular formula is C19H23N5OS. The van der Waals surface area contributed by atoms with E-state index < -0.39 is 0 Å². The molecule has 136 valence electrons. The molecule has 2 N–H and O–H groups in total. The second kappa shape index (κ2) is 7.17. The number of likely N-dealkylation sites (tertiary alicyclic amines) is 1. The second-order valence-electron chi connectivity index (χ2n) is 6.95. The van der Waals surface area contributed by atoms with Gasteiger partial charge in [-0.3, -0.25) is 14.8 Å². The van der Waals surface area contributed by atoms with E-state index in [9.17, 15) is 4.79 Å². The lowest BCUT2D eigenvalue weighted by atomic mass is 9.99. The molecule has 4 rings (SSSR count). The molecule has 0 bridgehead atoms. The van der Waals surface area contributed by atoms with Crippen molar-refractivity contribution in [2.75, 3.05) is 25.0 Å². The Morgan fingerprint density at radius 2 is 2.23 bits per heavy atom. The lowest BCUT2D eigenvalue weighted by molar-refractivity contribution is -0.117. The molecule has 0 aliphatic carbocycles. The van der Waals surface area contributed by atoms with Gasteiger partial charge in [0, 0.05) is 12.5 Å². The van der Waals surface area contributed by atoms with Gasteiger partial charge in [0.25, 0.3) is 0 Å². The van der Waals surface area contributed by atoms with Gasteiger partial charge >= 0.3 is 0 Å². The standard InChI is InChI=1S/C19H23N5OS/c1-12-18(13(2)23-22-12)21-17(25)11-24-9-5-6-14(10-24)19-20-15-7-3-4-8-16(15)26-19/h3-4,7-8,14H,5-6,9-11H2,1-2H3,(H,21,25)(H,22,23)/t14-/m0/s1. The van der Waals surface area contributed by atoms with Crippen LogP contribution in [-0.2, 0) is 4.79 Å². The first-order chi connectivity index (χ1) is 12.6. The molecule has 1 saturated heterocycles. The highest BCUT2D eigenvalue weighted by atomic mass is 32.1. The topological polar surface area (TPSA) is 73.9 Å². The molecule has 2 aromatic heterocycles. The van der Waals surface area contributed by atoms with Crippen LogP contribution in [0.15, 0.2) is 24.3 Å². The molecule has 3 aromatic rings. The number of hydrogen-bond donors (Lipinski definition) is 2. The Morgan fingerprint density at radius 3 is 3.00 bits per heavy atom. The summed E-state index contributed by atoms with van der Waals surface area (Å²) in [5, 5.41) is 11.2. The fourth-order valence-corrected chi connectivity index (χ4v) is 4.68. The molecule has 1 aromatic carbocycles. The summed E-state index contributed by atoms with van der Waals surface area (Å²) in [5.41, 5.74) is 3.59. The third kappa shape index (κ3) is 3.50. The Bertz CT molecular complexity index is 879. The molecule has 6 nitrogen and oxygen atoms in total. The summed E-state index contributed by atoms with van der Waals surface area (Å²) in [6, 6.07) is 8.28. The largest absolute Gasteiger partial charge is 0.322 e. The van der Waals surface area contributed by atoms with Gasteiger partial charge in [0.2, 0.25) is 5.91 Å². The Hall–Kier alpha value is -2.25. The fraction of sp³-hybridized carbons (Fsp3) is 0.421. The highest BCUT2D eigenvalue weighted by Crippen LogP contribution is 2.32. The third-order valence-electron chi connectivity index (χ3n) is 4.92. The van der Waals surface area contributed by atoms with Gasteiger partial charge < -0.3 is 5.32 Å². The van der Waals surface area contributed by atoms with Gasteiger partial charge in [-0.05, 0) is 45.4 Å². The summed E-state index contributed by atoms with van der Waals surface area (Å²) in [5.74, 6) is 0.425. The van der Waals surface area contributed by atoms with E-state index in [1.165, 1.54) is 9.71 Å². The molecule has 1 amide bonds. The van der Waals surface area contributed by atoms with Crippen LogP contribution in [-0.4, -0.2) is 45.6 Å². The fourth-order valence-electron chi connectivity index (χ4n) is 3.58. The molecule has 0 unspecified atom stereocenters. The van der Waals surface area contributed by atoms with Crippen LogP contribution < -0.4 is 5.32 Å². The Balaban J connectivity index is 1.41.